The molecular weight excluding hydrogens is 214 g/mol. The van der Waals surface area contributed by atoms with E-state index in [2.05, 4.69) is 19.2 Å². The third kappa shape index (κ3) is 11.8. The van der Waals surface area contributed by atoms with Crippen molar-refractivity contribution in [1.82, 2.24) is 5.32 Å². The highest BCUT2D eigenvalue weighted by atomic mass is 32.2. The van der Waals surface area contributed by atoms with Crippen molar-refractivity contribution in [3.05, 3.63) is 0 Å². The molecule has 0 spiro atoms. The molecule has 0 aromatic heterocycles. The average molecular weight is 237 g/mol. The summed E-state index contributed by atoms with van der Waals surface area (Å²) in [5.74, 6) is 0.724. The van der Waals surface area contributed by atoms with E-state index in [9.17, 15) is 13.5 Å². The summed E-state index contributed by atoms with van der Waals surface area (Å²) in [5.41, 5.74) is 0. The molecule has 0 bridgehead atoms. The van der Waals surface area contributed by atoms with E-state index in [1.165, 1.54) is 6.26 Å². The van der Waals surface area contributed by atoms with Gasteiger partial charge in [0.1, 0.15) is 9.84 Å². The van der Waals surface area contributed by atoms with Crippen LogP contribution in [0.2, 0.25) is 0 Å². The minimum absolute atomic E-state index is 0.161. The molecule has 0 radical (unpaired) electrons. The van der Waals surface area contributed by atoms with Crippen molar-refractivity contribution in [1.29, 1.82) is 0 Å². The predicted molar refractivity (Wildman–Crippen MR) is 62.7 cm³/mol. The smallest absolute Gasteiger partial charge is 0.147 e. The summed E-state index contributed by atoms with van der Waals surface area (Å²) in [6, 6.07) is 0. The van der Waals surface area contributed by atoms with E-state index in [1.54, 1.807) is 0 Å². The summed E-state index contributed by atoms with van der Waals surface area (Å²) in [5, 5.41) is 12.6. The Morgan fingerprint density at radius 2 is 1.87 bits per heavy atom. The van der Waals surface area contributed by atoms with Crippen molar-refractivity contribution in [3.8, 4) is 0 Å². The van der Waals surface area contributed by atoms with Gasteiger partial charge in [-0.3, -0.25) is 0 Å². The number of rotatable bonds is 8. The van der Waals surface area contributed by atoms with E-state index < -0.39 is 15.9 Å². The summed E-state index contributed by atoms with van der Waals surface area (Å²) in [6.07, 6.45) is 1.85. The summed E-state index contributed by atoms with van der Waals surface area (Å²) in [6.45, 7) is 5.62. The Morgan fingerprint density at radius 3 is 2.33 bits per heavy atom. The molecule has 0 aliphatic heterocycles. The van der Waals surface area contributed by atoms with Gasteiger partial charge >= 0.3 is 0 Å². The molecule has 5 heteroatoms. The monoisotopic (exact) mass is 237 g/mol. The molecule has 0 saturated carbocycles. The first-order chi connectivity index (χ1) is 6.81. The highest BCUT2D eigenvalue weighted by molar-refractivity contribution is 7.90. The van der Waals surface area contributed by atoms with Crippen LogP contribution < -0.4 is 5.32 Å². The molecule has 4 nitrogen and oxygen atoms in total. The number of sulfone groups is 1. The lowest BCUT2D eigenvalue weighted by Gasteiger charge is -2.12. The van der Waals surface area contributed by atoms with Crippen molar-refractivity contribution in [3.63, 3.8) is 0 Å². The summed E-state index contributed by atoms with van der Waals surface area (Å²) < 4.78 is 21.6. The minimum Gasteiger partial charge on any atom is -0.392 e. The molecule has 0 aromatic carbocycles. The quantitative estimate of drug-likeness (QED) is 0.642. The van der Waals surface area contributed by atoms with Gasteiger partial charge in [-0.2, -0.15) is 0 Å². The first kappa shape index (κ1) is 14.9. The van der Waals surface area contributed by atoms with E-state index in [4.69, 9.17) is 0 Å². The zero-order chi connectivity index (χ0) is 11.9. The molecule has 0 rings (SSSR count). The van der Waals surface area contributed by atoms with Gasteiger partial charge in [0.05, 0.1) is 6.10 Å². The van der Waals surface area contributed by atoms with Gasteiger partial charge in [-0.25, -0.2) is 8.42 Å². The van der Waals surface area contributed by atoms with E-state index in [1.807, 2.05) is 0 Å². The highest BCUT2D eigenvalue weighted by Gasteiger charge is 2.07. The first-order valence-corrected chi connectivity index (χ1v) is 7.44. The molecule has 0 aromatic rings. The van der Waals surface area contributed by atoms with Gasteiger partial charge in [-0.05, 0) is 25.3 Å². The summed E-state index contributed by atoms with van der Waals surface area (Å²) in [4.78, 5) is 0. The van der Waals surface area contributed by atoms with Crippen LogP contribution in [0.3, 0.4) is 0 Å². The van der Waals surface area contributed by atoms with Gasteiger partial charge in [-0.15, -0.1) is 0 Å². The van der Waals surface area contributed by atoms with E-state index in [0.717, 1.165) is 6.54 Å². The van der Waals surface area contributed by atoms with Crippen LogP contribution in [-0.2, 0) is 9.84 Å². The number of aliphatic hydroxyl groups excluding tert-OH is 1. The van der Waals surface area contributed by atoms with Crippen LogP contribution in [0.15, 0.2) is 0 Å². The van der Waals surface area contributed by atoms with Crippen LogP contribution in [0.1, 0.15) is 26.7 Å². The Hall–Kier alpha value is -0.130. The molecule has 0 amide bonds. The molecule has 0 aliphatic carbocycles. The molecule has 92 valence electrons. The average Bonchev–Trinajstić information content (AvgIpc) is 2.00. The standard InChI is InChI=1S/C10H23NO3S/c1-9(2)7-11-8-10(12)5-4-6-15(3,13)14/h9-12H,4-8H2,1-3H3. The van der Waals surface area contributed by atoms with Crippen LogP contribution in [0.5, 0.6) is 0 Å². The Labute approximate surface area is 93.0 Å². The van der Waals surface area contributed by atoms with Crippen LogP contribution >= 0.6 is 0 Å². The lowest BCUT2D eigenvalue weighted by Crippen LogP contribution is -2.29. The maximum absolute atomic E-state index is 10.8. The van der Waals surface area contributed by atoms with Crippen molar-refractivity contribution >= 4 is 9.84 Å². The fourth-order valence-corrected chi connectivity index (χ4v) is 1.91. The molecule has 1 atom stereocenters. The van der Waals surface area contributed by atoms with Gasteiger partial charge in [-0.1, -0.05) is 13.8 Å². The SMILES string of the molecule is CC(C)CNCC(O)CCCS(C)(=O)=O. The number of hydrogen-bond donors (Lipinski definition) is 2. The van der Waals surface area contributed by atoms with E-state index in [-0.39, 0.29) is 5.75 Å². The largest absolute Gasteiger partial charge is 0.392 e. The molecule has 0 saturated heterocycles. The van der Waals surface area contributed by atoms with Gasteiger partial charge in [0.15, 0.2) is 0 Å². The summed E-state index contributed by atoms with van der Waals surface area (Å²) in [7, 11) is -2.89. The molecular formula is C10H23NO3S. The number of hydrogen-bond acceptors (Lipinski definition) is 4. The lowest BCUT2D eigenvalue weighted by atomic mass is 10.2. The molecule has 0 fully saturated rings. The highest BCUT2D eigenvalue weighted by Crippen LogP contribution is 1.99. The lowest BCUT2D eigenvalue weighted by molar-refractivity contribution is 0.160. The topological polar surface area (TPSA) is 66.4 Å². The van der Waals surface area contributed by atoms with Crippen molar-refractivity contribution in [2.45, 2.75) is 32.8 Å². The Kier molecular flexibility index (Phi) is 7.13. The van der Waals surface area contributed by atoms with Gasteiger partial charge in [0, 0.05) is 18.6 Å². The first-order valence-electron chi connectivity index (χ1n) is 5.38. The normalized spacial score (nSPS) is 14.5. The third-order valence-corrected chi connectivity index (χ3v) is 3.02. The second-order valence-electron chi connectivity index (χ2n) is 4.48. The Bertz CT molecular complexity index is 249. The molecule has 0 heterocycles. The number of nitrogens with one attached hydrogen (secondary N) is 1. The molecule has 1 unspecified atom stereocenters. The van der Waals surface area contributed by atoms with Crippen LogP contribution in [0.25, 0.3) is 0 Å². The van der Waals surface area contributed by atoms with E-state index in [0.29, 0.717) is 25.3 Å². The fourth-order valence-electron chi connectivity index (χ4n) is 1.22. The van der Waals surface area contributed by atoms with Crippen LogP contribution in [0.4, 0.5) is 0 Å². The Morgan fingerprint density at radius 1 is 1.27 bits per heavy atom. The number of aliphatic hydroxyl groups is 1. The third-order valence-electron chi connectivity index (χ3n) is 1.99. The van der Waals surface area contributed by atoms with Crippen molar-refractivity contribution in [2.75, 3.05) is 25.1 Å². The van der Waals surface area contributed by atoms with Gasteiger partial charge in [0.2, 0.25) is 0 Å². The maximum Gasteiger partial charge on any atom is 0.147 e. The van der Waals surface area contributed by atoms with Crippen LogP contribution in [0, 0.1) is 5.92 Å². The zero-order valence-electron chi connectivity index (χ0n) is 9.86. The predicted octanol–water partition coefficient (Wildman–Crippen LogP) is 0.418. The molecule has 0 aliphatic rings. The van der Waals surface area contributed by atoms with Gasteiger partial charge in [0.25, 0.3) is 0 Å². The second kappa shape index (κ2) is 7.19. The minimum atomic E-state index is -2.89. The fraction of sp³-hybridized carbons (Fsp3) is 1.00. The molecule has 2 N–H and O–H groups in total. The molecule has 15 heavy (non-hydrogen) atoms. The second-order valence-corrected chi connectivity index (χ2v) is 6.74. The van der Waals surface area contributed by atoms with Gasteiger partial charge < -0.3 is 10.4 Å². The van der Waals surface area contributed by atoms with Crippen LogP contribution in [-0.4, -0.2) is 44.7 Å². The van der Waals surface area contributed by atoms with Crippen molar-refractivity contribution < 1.29 is 13.5 Å². The Balaban J connectivity index is 3.45. The zero-order valence-corrected chi connectivity index (χ0v) is 10.7. The maximum atomic E-state index is 10.8. The van der Waals surface area contributed by atoms with Crippen molar-refractivity contribution in [2.24, 2.45) is 5.92 Å². The van der Waals surface area contributed by atoms with E-state index >= 15 is 0 Å². The summed E-state index contributed by atoms with van der Waals surface area (Å²) >= 11 is 0.